The first-order chi connectivity index (χ1) is 7.43. The van der Waals surface area contributed by atoms with Crippen molar-refractivity contribution in [1.29, 1.82) is 0 Å². The molecular formula is C11H13NO3S. The summed E-state index contributed by atoms with van der Waals surface area (Å²) < 4.78 is 22.3. The summed E-state index contributed by atoms with van der Waals surface area (Å²) in [7, 11) is -3.18. The van der Waals surface area contributed by atoms with E-state index in [4.69, 9.17) is 0 Å². The maximum atomic E-state index is 11.2. The lowest BCUT2D eigenvalue weighted by Gasteiger charge is -2.03. The fraction of sp³-hybridized carbons (Fsp3) is 0.182. The Morgan fingerprint density at radius 3 is 2.25 bits per heavy atom. The molecule has 0 radical (unpaired) electrons. The van der Waals surface area contributed by atoms with Gasteiger partial charge in [0.15, 0.2) is 9.84 Å². The average Bonchev–Trinajstić information content (AvgIpc) is 2.17. The summed E-state index contributed by atoms with van der Waals surface area (Å²) >= 11 is 0. The number of nitrogens with one attached hydrogen (secondary N) is 1. The van der Waals surface area contributed by atoms with E-state index in [0.717, 1.165) is 6.26 Å². The van der Waals surface area contributed by atoms with Crippen LogP contribution in [0.3, 0.4) is 0 Å². The first kappa shape index (κ1) is 12.4. The molecule has 1 aromatic rings. The van der Waals surface area contributed by atoms with Crippen molar-refractivity contribution in [2.45, 2.75) is 11.8 Å². The van der Waals surface area contributed by atoms with E-state index >= 15 is 0 Å². The van der Waals surface area contributed by atoms with Crippen LogP contribution in [-0.2, 0) is 14.6 Å². The second-order valence-electron chi connectivity index (χ2n) is 3.29. The molecule has 1 N–H and O–H groups in total. The smallest absolute Gasteiger partial charge is 0.248 e. The summed E-state index contributed by atoms with van der Waals surface area (Å²) in [4.78, 5) is 11.4. The van der Waals surface area contributed by atoms with Crippen molar-refractivity contribution in [2.24, 2.45) is 0 Å². The van der Waals surface area contributed by atoms with Gasteiger partial charge in [0.1, 0.15) is 0 Å². The average molecular weight is 239 g/mol. The zero-order chi connectivity index (χ0) is 12.2. The normalized spacial score (nSPS) is 11.6. The van der Waals surface area contributed by atoms with Crippen LogP contribution in [0, 0.1) is 0 Å². The lowest BCUT2D eigenvalue weighted by Crippen LogP contribution is -2.07. The van der Waals surface area contributed by atoms with Crippen LogP contribution in [0.1, 0.15) is 6.92 Å². The minimum atomic E-state index is -3.18. The van der Waals surface area contributed by atoms with E-state index in [1.54, 1.807) is 25.1 Å². The van der Waals surface area contributed by atoms with Crippen LogP contribution in [0.15, 0.2) is 41.3 Å². The Labute approximate surface area is 94.9 Å². The van der Waals surface area contributed by atoms with Crippen LogP contribution in [0.25, 0.3) is 0 Å². The minimum Gasteiger partial charge on any atom is -0.323 e. The van der Waals surface area contributed by atoms with E-state index in [-0.39, 0.29) is 10.8 Å². The van der Waals surface area contributed by atoms with Gasteiger partial charge in [0.25, 0.3) is 0 Å². The third-order valence-electron chi connectivity index (χ3n) is 1.87. The summed E-state index contributed by atoms with van der Waals surface area (Å²) in [6.45, 7) is 1.74. The van der Waals surface area contributed by atoms with Crippen molar-refractivity contribution in [3.05, 3.63) is 36.4 Å². The van der Waals surface area contributed by atoms with Gasteiger partial charge < -0.3 is 5.32 Å². The molecule has 1 amide bonds. The largest absolute Gasteiger partial charge is 0.323 e. The van der Waals surface area contributed by atoms with Crippen molar-refractivity contribution in [1.82, 2.24) is 0 Å². The molecule has 0 saturated carbocycles. The molecule has 0 bridgehead atoms. The lowest BCUT2D eigenvalue weighted by atomic mass is 10.3. The first-order valence-corrected chi connectivity index (χ1v) is 6.56. The summed E-state index contributed by atoms with van der Waals surface area (Å²) in [5, 5.41) is 2.60. The van der Waals surface area contributed by atoms with E-state index in [1.807, 2.05) is 0 Å². The summed E-state index contributed by atoms with van der Waals surface area (Å²) in [6, 6.07) is 6.02. The van der Waals surface area contributed by atoms with Gasteiger partial charge in [-0.1, -0.05) is 6.08 Å². The van der Waals surface area contributed by atoms with Crippen molar-refractivity contribution >= 4 is 21.4 Å². The Morgan fingerprint density at radius 1 is 1.25 bits per heavy atom. The molecule has 86 valence electrons. The molecule has 0 atom stereocenters. The van der Waals surface area contributed by atoms with E-state index in [2.05, 4.69) is 5.32 Å². The van der Waals surface area contributed by atoms with Gasteiger partial charge >= 0.3 is 0 Å². The highest BCUT2D eigenvalue weighted by Crippen LogP contribution is 2.13. The Balaban J connectivity index is 2.84. The molecular weight excluding hydrogens is 226 g/mol. The zero-order valence-corrected chi connectivity index (χ0v) is 9.91. The van der Waals surface area contributed by atoms with Crippen molar-refractivity contribution in [3.63, 3.8) is 0 Å². The summed E-state index contributed by atoms with van der Waals surface area (Å²) in [6.07, 6.45) is 4.16. The molecule has 0 unspecified atom stereocenters. The number of amides is 1. The third-order valence-corrected chi connectivity index (χ3v) is 3.00. The molecule has 1 aromatic carbocycles. The second-order valence-corrected chi connectivity index (χ2v) is 5.30. The minimum absolute atomic E-state index is 0.233. The topological polar surface area (TPSA) is 63.2 Å². The highest BCUT2D eigenvalue weighted by atomic mass is 32.2. The van der Waals surface area contributed by atoms with Gasteiger partial charge in [-0.05, 0) is 37.3 Å². The molecule has 0 aliphatic heterocycles. The van der Waals surface area contributed by atoms with Crippen molar-refractivity contribution in [2.75, 3.05) is 11.6 Å². The maximum absolute atomic E-state index is 11.2. The number of allylic oxidation sites excluding steroid dienone is 1. The predicted molar refractivity (Wildman–Crippen MR) is 63.0 cm³/mol. The number of sulfone groups is 1. The molecule has 4 nitrogen and oxygen atoms in total. The van der Waals surface area contributed by atoms with Crippen molar-refractivity contribution < 1.29 is 13.2 Å². The summed E-state index contributed by atoms with van der Waals surface area (Å²) in [5.74, 6) is -0.241. The van der Waals surface area contributed by atoms with E-state index in [9.17, 15) is 13.2 Å². The Morgan fingerprint density at radius 2 is 1.81 bits per heavy atom. The molecule has 0 fully saturated rings. The molecule has 0 aliphatic carbocycles. The standard InChI is InChI=1S/C11H13NO3S/c1-3-4-11(13)12-9-5-7-10(8-6-9)16(2,14)15/h3-8H,1-2H3,(H,12,13)/b4-3+. The van der Waals surface area contributed by atoms with Gasteiger partial charge in [-0.2, -0.15) is 0 Å². The molecule has 0 aromatic heterocycles. The van der Waals surface area contributed by atoms with E-state index < -0.39 is 9.84 Å². The fourth-order valence-electron chi connectivity index (χ4n) is 1.12. The van der Waals surface area contributed by atoms with Gasteiger partial charge in [-0.3, -0.25) is 4.79 Å². The maximum Gasteiger partial charge on any atom is 0.248 e. The molecule has 0 heterocycles. The number of carbonyl (C=O) groups excluding carboxylic acids is 1. The SMILES string of the molecule is C/C=C/C(=O)Nc1ccc(S(C)(=O)=O)cc1. The number of benzene rings is 1. The molecule has 16 heavy (non-hydrogen) atoms. The highest BCUT2D eigenvalue weighted by Gasteiger charge is 2.06. The first-order valence-electron chi connectivity index (χ1n) is 4.67. The number of hydrogen-bond acceptors (Lipinski definition) is 3. The number of carbonyl (C=O) groups is 1. The van der Waals surface area contributed by atoms with Crippen molar-refractivity contribution in [3.8, 4) is 0 Å². The van der Waals surface area contributed by atoms with Gasteiger partial charge in [0.05, 0.1) is 4.90 Å². The monoisotopic (exact) mass is 239 g/mol. The zero-order valence-electron chi connectivity index (χ0n) is 9.10. The Hall–Kier alpha value is -1.62. The molecule has 0 spiro atoms. The van der Waals surface area contributed by atoms with Gasteiger partial charge in [-0.25, -0.2) is 8.42 Å². The van der Waals surface area contributed by atoms with E-state index in [0.29, 0.717) is 5.69 Å². The van der Waals surface area contributed by atoms with Crippen LogP contribution in [0.2, 0.25) is 0 Å². The Bertz CT molecular complexity index is 501. The molecule has 0 saturated heterocycles. The van der Waals surface area contributed by atoms with Gasteiger partial charge in [-0.15, -0.1) is 0 Å². The second kappa shape index (κ2) is 4.94. The van der Waals surface area contributed by atoms with Gasteiger partial charge in [0.2, 0.25) is 5.91 Å². The molecule has 5 heteroatoms. The van der Waals surface area contributed by atoms with Crippen LogP contribution >= 0.6 is 0 Å². The number of rotatable bonds is 3. The van der Waals surface area contributed by atoms with Crippen LogP contribution in [0.5, 0.6) is 0 Å². The fourth-order valence-corrected chi connectivity index (χ4v) is 1.75. The van der Waals surface area contributed by atoms with Crippen LogP contribution < -0.4 is 5.32 Å². The number of anilines is 1. The van der Waals surface area contributed by atoms with Gasteiger partial charge in [0, 0.05) is 11.9 Å². The summed E-state index contributed by atoms with van der Waals surface area (Å²) in [5.41, 5.74) is 0.565. The molecule has 0 aliphatic rings. The predicted octanol–water partition coefficient (Wildman–Crippen LogP) is 1.60. The Kier molecular flexibility index (Phi) is 3.84. The van der Waals surface area contributed by atoms with E-state index in [1.165, 1.54) is 18.2 Å². The lowest BCUT2D eigenvalue weighted by molar-refractivity contribution is -0.111. The van der Waals surface area contributed by atoms with Crippen LogP contribution in [-0.4, -0.2) is 20.6 Å². The van der Waals surface area contributed by atoms with Crippen LogP contribution in [0.4, 0.5) is 5.69 Å². The third kappa shape index (κ3) is 3.51. The quantitative estimate of drug-likeness (QED) is 0.815. The molecule has 1 rings (SSSR count). The highest BCUT2D eigenvalue weighted by molar-refractivity contribution is 7.90. The number of hydrogen-bond donors (Lipinski definition) is 1.